The number of rotatable bonds is 7. The summed E-state index contributed by atoms with van der Waals surface area (Å²) >= 11 is 0. The fourth-order valence-electron chi connectivity index (χ4n) is 1.47. The molecule has 92 valence electrons. The molecule has 0 bridgehead atoms. The van der Waals surface area contributed by atoms with Crippen LogP contribution >= 0.6 is 0 Å². The maximum atomic E-state index is 10.5. The van der Waals surface area contributed by atoms with Crippen LogP contribution in [0.15, 0.2) is 23.3 Å². The second-order valence-corrected chi connectivity index (χ2v) is 4.73. The fraction of sp³-hybridized carbons (Fsp3) is 0.643. The Balaban J connectivity index is 3.74. The molecule has 2 heteroatoms. The minimum Gasteiger partial charge on any atom is -0.478 e. The third-order valence-corrected chi connectivity index (χ3v) is 2.66. The second-order valence-electron chi connectivity index (χ2n) is 4.73. The lowest BCUT2D eigenvalue weighted by Gasteiger charge is -2.08. The number of carbonyl (C=O) groups is 1. The smallest absolute Gasteiger partial charge is 0.330 e. The van der Waals surface area contributed by atoms with E-state index in [2.05, 4.69) is 26.8 Å². The molecule has 0 aliphatic heterocycles. The summed E-state index contributed by atoms with van der Waals surface area (Å²) in [5.74, 6) is -0.148. The van der Waals surface area contributed by atoms with Gasteiger partial charge in [-0.3, -0.25) is 0 Å². The van der Waals surface area contributed by atoms with Crippen molar-refractivity contribution in [3.8, 4) is 0 Å². The highest BCUT2D eigenvalue weighted by atomic mass is 16.4. The SMILES string of the molecule is CC(C)=CCCC(C)CCC=C(C)C(=O)O. The highest BCUT2D eigenvalue weighted by molar-refractivity contribution is 5.85. The summed E-state index contributed by atoms with van der Waals surface area (Å²) in [6.45, 7) is 8.10. The summed E-state index contributed by atoms with van der Waals surface area (Å²) < 4.78 is 0. The van der Waals surface area contributed by atoms with Crippen molar-refractivity contribution in [2.45, 2.75) is 53.4 Å². The first-order chi connectivity index (χ1) is 7.43. The summed E-state index contributed by atoms with van der Waals surface area (Å²) in [5.41, 5.74) is 1.82. The van der Waals surface area contributed by atoms with E-state index in [1.54, 1.807) is 6.92 Å². The number of allylic oxidation sites excluding steroid dienone is 3. The van der Waals surface area contributed by atoms with Gasteiger partial charge in [0.15, 0.2) is 0 Å². The van der Waals surface area contributed by atoms with Crippen LogP contribution in [0, 0.1) is 5.92 Å². The van der Waals surface area contributed by atoms with Gasteiger partial charge in [0, 0.05) is 5.57 Å². The van der Waals surface area contributed by atoms with Crippen LogP contribution in [-0.2, 0) is 4.79 Å². The molecule has 0 aliphatic carbocycles. The van der Waals surface area contributed by atoms with Crippen LogP contribution in [0.5, 0.6) is 0 Å². The Labute approximate surface area is 99.1 Å². The van der Waals surface area contributed by atoms with Gasteiger partial charge >= 0.3 is 5.97 Å². The monoisotopic (exact) mass is 224 g/mol. The molecule has 0 aromatic rings. The summed E-state index contributed by atoms with van der Waals surface area (Å²) in [6, 6.07) is 0. The van der Waals surface area contributed by atoms with Crippen molar-refractivity contribution in [1.82, 2.24) is 0 Å². The van der Waals surface area contributed by atoms with Gasteiger partial charge in [0.05, 0.1) is 0 Å². The van der Waals surface area contributed by atoms with Crippen molar-refractivity contribution >= 4 is 5.97 Å². The molecule has 0 aromatic heterocycles. The minimum absolute atomic E-state index is 0.455. The average molecular weight is 224 g/mol. The number of hydrogen-bond acceptors (Lipinski definition) is 1. The lowest BCUT2D eigenvalue weighted by molar-refractivity contribution is -0.132. The van der Waals surface area contributed by atoms with E-state index in [9.17, 15) is 4.79 Å². The third-order valence-electron chi connectivity index (χ3n) is 2.66. The highest BCUT2D eigenvalue weighted by Crippen LogP contribution is 2.14. The zero-order valence-corrected chi connectivity index (χ0v) is 10.9. The molecular weight excluding hydrogens is 200 g/mol. The molecule has 0 aromatic carbocycles. The molecule has 0 amide bonds. The minimum atomic E-state index is -0.808. The average Bonchev–Trinajstić information content (AvgIpc) is 2.16. The van der Waals surface area contributed by atoms with Gasteiger partial charge in [-0.15, -0.1) is 0 Å². The van der Waals surface area contributed by atoms with Gasteiger partial charge in [-0.25, -0.2) is 4.79 Å². The van der Waals surface area contributed by atoms with Crippen molar-refractivity contribution in [2.75, 3.05) is 0 Å². The Hall–Kier alpha value is -1.05. The Kier molecular flexibility index (Phi) is 7.61. The van der Waals surface area contributed by atoms with Gasteiger partial charge in [0.2, 0.25) is 0 Å². The van der Waals surface area contributed by atoms with Crippen LogP contribution < -0.4 is 0 Å². The summed E-state index contributed by atoms with van der Waals surface area (Å²) in [6.07, 6.45) is 8.33. The first-order valence-electron chi connectivity index (χ1n) is 5.97. The Morgan fingerprint density at radius 3 is 2.06 bits per heavy atom. The second kappa shape index (κ2) is 8.14. The van der Waals surface area contributed by atoms with Gasteiger partial charge in [-0.2, -0.15) is 0 Å². The largest absolute Gasteiger partial charge is 0.478 e. The summed E-state index contributed by atoms with van der Waals surface area (Å²) in [7, 11) is 0. The highest BCUT2D eigenvalue weighted by Gasteiger charge is 2.02. The molecule has 1 unspecified atom stereocenters. The maximum Gasteiger partial charge on any atom is 0.330 e. The van der Waals surface area contributed by atoms with E-state index in [4.69, 9.17) is 5.11 Å². The van der Waals surface area contributed by atoms with E-state index in [0.29, 0.717) is 11.5 Å². The van der Waals surface area contributed by atoms with Gasteiger partial charge in [-0.1, -0.05) is 24.6 Å². The molecule has 0 saturated heterocycles. The van der Waals surface area contributed by atoms with Crippen LogP contribution in [0.1, 0.15) is 53.4 Å². The molecular formula is C14H24O2. The molecule has 0 rings (SSSR count). The molecule has 16 heavy (non-hydrogen) atoms. The van der Waals surface area contributed by atoms with Crippen molar-refractivity contribution < 1.29 is 9.90 Å². The van der Waals surface area contributed by atoms with Crippen molar-refractivity contribution in [1.29, 1.82) is 0 Å². The van der Waals surface area contributed by atoms with Crippen LogP contribution in [0.25, 0.3) is 0 Å². The molecule has 2 nitrogen and oxygen atoms in total. The van der Waals surface area contributed by atoms with Crippen molar-refractivity contribution in [3.63, 3.8) is 0 Å². The van der Waals surface area contributed by atoms with Gasteiger partial charge in [0.1, 0.15) is 0 Å². The van der Waals surface area contributed by atoms with E-state index in [1.165, 1.54) is 12.0 Å². The van der Waals surface area contributed by atoms with E-state index in [1.807, 2.05) is 6.08 Å². The first-order valence-corrected chi connectivity index (χ1v) is 5.97. The lowest BCUT2D eigenvalue weighted by atomic mass is 9.98. The number of aliphatic carboxylic acids is 1. The zero-order chi connectivity index (χ0) is 12.6. The molecule has 1 N–H and O–H groups in total. The van der Waals surface area contributed by atoms with Gasteiger partial charge in [-0.05, 0) is 52.4 Å². The van der Waals surface area contributed by atoms with E-state index < -0.39 is 5.97 Å². The Morgan fingerprint density at radius 2 is 1.62 bits per heavy atom. The molecule has 0 aliphatic rings. The van der Waals surface area contributed by atoms with Crippen molar-refractivity contribution in [3.05, 3.63) is 23.3 Å². The quantitative estimate of drug-likeness (QED) is 0.520. The van der Waals surface area contributed by atoms with Gasteiger partial charge in [0.25, 0.3) is 0 Å². The molecule has 1 atom stereocenters. The standard InChI is InChI=1S/C14H24O2/c1-11(2)7-5-8-12(3)9-6-10-13(4)14(15)16/h7,10,12H,5-6,8-9H2,1-4H3,(H,15,16). The van der Waals surface area contributed by atoms with E-state index in [0.717, 1.165) is 19.3 Å². The normalized spacial score (nSPS) is 13.4. The summed E-state index contributed by atoms with van der Waals surface area (Å²) in [5, 5.41) is 8.67. The fourth-order valence-corrected chi connectivity index (χ4v) is 1.47. The van der Waals surface area contributed by atoms with E-state index in [-0.39, 0.29) is 0 Å². The Bertz CT molecular complexity index is 270. The van der Waals surface area contributed by atoms with E-state index >= 15 is 0 Å². The van der Waals surface area contributed by atoms with Crippen LogP contribution in [0.4, 0.5) is 0 Å². The Morgan fingerprint density at radius 1 is 1.12 bits per heavy atom. The topological polar surface area (TPSA) is 37.3 Å². The molecule has 0 spiro atoms. The van der Waals surface area contributed by atoms with Crippen molar-refractivity contribution in [2.24, 2.45) is 5.92 Å². The third kappa shape index (κ3) is 8.27. The maximum absolute atomic E-state index is 10.5. The molecule has 0 saturated carbocycles. The number of carboxylic acids is 1. The van der Waals surface area contributed by atoms with Crippen LogP contribution in [0.3, 0.4) is 0 Å². The van der Waals surface area contributed by atoms with Crippen LogP contribution in [-0.4, -0.2) is 11.1 Å². The number of carboxylic acid groups (broad SMARTS) is 1. The molecule has 0 radical (unpaired) electrons. The number of hydrogen-bond donors (Lipinski definition) is 1. The zero-order valence-electron chi connectivity index (χ0n) is 10.9. The summed E-state index contributed by atoms with van der Waals surface area (Å²) in [4.78, 5) is 10.5. The van der Waals surface area contributed by atoms with Gasteiger partial charge < -0.3 is 5.11 Å². The molecule has 0 heterocycles. The first kappa shape index (κ1) is 14.9. The predicted molar refractivity (Wildman–Crippen MR) is 68.5 cm³/mol. The predicted octanol–water partition coefficient (Wildman–Crippen LogP) is 4.18. The lowest BCUT2D eigenvalue weighted by Crippen LogP contribution is -1.97. The van der Waals surface area contributed by atoms with Crippen LogP contribution in [0.2, 0.25) is 0 Å². The molecule has 0 fully saturated rings.